The molecule has 1 aliphatic carbocycles. The first-order valence-electron chi connectivity index (χ1n) is 6.41. The number of H-pyrrole nitrogens is 1. The molecule has 1 heterocycles. The van der Waals surface area contributed by atoms with E-state index in [1.165, 1.54) is 5.56 Å². The molecule has 1 aromatic carbocycles. The Labute approximate surface area is 117 Å². The number of nitrogens with zero attached hydrogens (tertiary/aromatic N) is 2. The highest BCUT2D eigenvalue weighted by Crippen LogP contribution is 2.20. The molecule has 0 unspecified atom stereocenters. The highest BCUT2D eigenvalue weighted by molar-refractivity contribution is 7.71. The lowest BCUT2D eigenvalue weighted by atomic mass is 10.1. The number of rotatable bonds is 3. The van der Waals surface area contributed by atoms with Crippen molar-refractivity contribution in [3.05, 3.63) is 64.7 Å². The summed E-state index contributed by atoms with van der Waals surface area (Å²) in [5, 5.41) is 7.26. The van der Waals surface area contributed by atoms with Crippen molar-refractivity contribution in [3.63, 3.8) is 0 Å². The number of benzene rings is 1. The Bertz CT molecular complexity index is 677. The van der Waals surface area contributed by atoms with Crippen LogP contribution in [0.5, 0.6) is 0 Å². The molecule has 0 aliphatic heterocycles. The Morgan fingerprint density at radius 2 is 2.05 bits per heavy atom. The Hall–Kier alpha value is -1.94. The zero-order valence-electron chi connectivity index (χ0n) is 10.5. The second kappa shape index (κ2) is 5.36. The average molecular weight is 269 g/mol. The van der Waals surface area contributed by atoms with Crippen LogP contribution in [0.3, 0.4) is 0 Å². The fraction of sp³-hybridized carbons (Fsp3) is 0.200. The Morgan fingerprint density at radius 1 is 1.21 bits per heavy atom. The number of hydrogen-bond donors (Lipinski definition) is 1. The van der Waals surface area contributed by atoms with Gasteiger partial charge in [0.15, 0.2) is 10.6 Å². The summed E-state index contributed by atoms with van der Waals surface area (Å²) in [5.74, 6) is 0.921. The van der Waals surface area contributed by atoms with Gasteiger partial charge in [0.05, 0.1) is 6.54 Å². The normalized spacial score (nSPS) is 14.4. The van der Waals surface area contributed by atoms with Gasteiger partial charge in [-0.25, -0.2) is 0 Å². The fourth-order valence-corrected chi connectivity index (χ4v) is 2.43. The largest absolute Gasteiger partial charge is 0.296 e. The minimum absolute atomic E-state index is 0.665. The van der Waals surface area contributed by atoms with Crippen molar-refractivity contribution in [1.29, 1.82) is 0 Å². The van der Waals surface area contributed by atoms with Gasteiger partial charge < -0.3 is 0 Å². The van der Waals surface area contributed by atoms with Crippen LogP contribution in [-0.4, -0.2) is 14.8 Å². The zero-order chi connectivity index (χ0) is 13.1. The van der Waals surface area contributed by atoms with Gasteiger partial charge in [-0.05, 0) is 30.6 Å². The van der Waals surface area contributed by atoms with E-state index in [1.54, 1.807) is 0 Å². The van der Waals surface area contributed by atoms with Crippen molar-refractivity contribution in [2.45, 2.75) is 19.4 Å². The van der Waals surface area contributed by atoms with Crippen molar-refractivity contribution in [1.82, 2.24) is 14.8 Å². The van der Waals surface area contributed by atoms with E-state index in [1.807, 2.05) is 22.8 Å². The van der Waals surface area contributed by atoms with Crippen LogP contribution in [0.1, 0.15) is 24.2 Å². The number of aromatic amines is 1. The fourth-order valence-electron chi connectivity index (χ4n) is 2.23. The van der Waals surface area contributed by atoms with E-state index in [0.717, 1.165) is 30.8 Å². The van der Waals surface area contributed by atoms with E-state index in [0.29, 0.717) is 4.77 Å². The highest BCUT2D eigenvalue weighted by Gasteiger charge is 2.11. The molecule has 1 N–H and O–H groups in total. The lowest BCUT2D eigenvalue weighted by molar-refractivity contribution is 0.769. The first-order chi connectivity index (χ1) is 9.34. The van der Waals surface area contributed by atoms with Gasteiger partial charge in [-0.15, -0.1) is 0 Å². The summed E-state index contributed by atoms with van der Waals surface area (Å²) >= 11 is 5.33. The molecular weight excluding hydrogens is 254 g/mol. The molecule has 0 saturated heterocycles. The van der Waals surface area contributed by atoms with Crippen LogP contribution in [0.15, 0.2) is 48.6 Å². The molecule has 0 amide bonds. The summed E-state index contributed by atoms with van der Waals surface area (Å²) in [6.07, 6.45) is 8.69. The molecule has 3 nitrogen and oxygen atoms in total. The molecule has 0 bridgehead atoms. The summed E-state index contributed by atoms with van der Waals surface area (Å²) in [5.41, 5.74) is 2.37. The Balaban J connectivity index is 1.97. The van der Waals surface area contributed by atoms with Crippen molar-refractivity contribution in [2.75, 3.05) is 0 Å². The van der Waals surface area contributed by atoms with E-state index >= 15 is 0 Å². The maximum atomic E-state index is 5.33. The van der Waals surface area contributed by atoms with Crippen LogP contribution in [0, 0.1) is 4.77 Å². The Morgan fingerprint density at radius 3 is 2.79 bits per heavy atom. The van der Waals surface area contributed by atoms with Crippen LogP contribution in [0.4, 0.5) is 0 Å². The number of aromatic nitrogens is 3. The third-order valence-electron chi connectivity index (χ3n) is 3.19. The van der Waals surface area contributed by atoms with Crippen molar-refractivity contribution in [2.24, 2.45) is 0 Å². The molecule has 0 atom stereocenters. The summed E-state index contributed by atoms with van der Waals surface area (Å²) in [4.78, 5) is 0. The molecule has 1 aliphatic rings. The highest BCUT2D eigenvalue weighted by atomic mass is 32.1. The summed E-state index contributed by atoms with van der Waals surface area (Å²) in [6, 6.07) is 10.3. The molecule has 4 heteroatoms. The number of hydrogen-bond acceptors (Lipinski definition) is 2. The molecule has 0 saturated carbocycles. The first kappa shape index (κ1) is 12.1. The van der Waals surface area contributed by atoms with Gasteiger partial charge in [0, 0.05) is 5.57 Å². The Kier molecular flexibility index (Phi) is 3.42. The van der Waals surface area contributed by atoms with E-state index in [2.05, 4.69) is 40.6 Å². The summed E-state index contributed by atoms with van der Waals surface area (Å²) in [7, 11) is 0. The molecule has 0 radical (unpaired) electrons. The SMILES string of the molecule is S=c1[nH]nc(C2=CCCC=C2)n1Cc1ccccc1. The quantitative estimate of drug-likeness (QED) is 0.862. The summed E-state index contributed by atoms with van der Waals surface area (Å²) in [6.45, 7) is 0.747. The van der Waals surface area contributed by atoms with Crippen molar-refractivity contribution >= 4 is 17.8 Å². The van der Waals surface area contributed by atoms with Gasteiger partial charge in [-0.1, -0.05) is 48.6 Å². The van der Waals surface area contributed by atoms with E-state index in [4.69, 9.17) is 12.2 Å². The van der Waals surface area contributed by atoms with Crippen LogP contribution >= 0.6 is 12.2 Å². The monoisotopic (exact) mass is 269 g/mol. The standard InChI is InChI=1S/C15H15N3S/c19-15-17-16-14(13-9-5-2-6-10-13)18(15)11-12-7-3-1-4-8-12/h1,3-5,7-10H,2,6,11H2,(H,17,19). The van der Waals surface area contributed by atoms with E-state index < -0.39 is 0 Å². The molecule has 19 heavy (non-hydrogen) atoms. The van der Waals surface area contributed by atoms with Gasteiger partial charge in [-0.3, -0.25) is 9.67 Å². The van der Waals surface area contributed by atoms with Crippen molar-refractivity contribution < 1.29 is 0 Å². The van der Waals surface area contributed by atoms with Crippen molar-refractivity contribution in [3.8, 4) is 0 Å². The zero-order valence-corrected chi connectivity index (χ0v) is 11.4. The second-order valence-electron chi connectivity index (χ2n) is 4.56. The lowest BCUT2D eigenvalue weighted by Crippen LogP contribution is -2.05. The average Bonchev–Trinajstić information content (AvgIpc) is 2.82. The molecular formula is C15H15N3S. The molecule has 2 aromatic rings. The minimum Gasteiger partial charge on any atom is -0.296 e. The second-order valence-corrected chi connectivity index (χ2v) is 4.95. The summed E-state index contributed by atoms with van der Waals surface area (Å²) < 4.78 is 2.71. The molecule has 0 fully saturated rings. The topological polar surface area (TPSA) is 33.6 Å². The molecule has 1 aromatic heterocycles. The third-order valence-corrected chi connectivity index (χ3v) is 3.51. The molecule has 0 spiro atoms. The first-order valence-corrected chi connectivity index (χ1v) is 6.81. The number of nitrogens with one attached hydrogen (secondary N) is 1. The van der Waals surface area contributed by atoms with Crippen LogP contribution in [0.25, 0.3) is 5.57 Å². The smallest absolute Gasteiger partial charge is 0.195 e. The lowest BCUT2D eigenvalue weighted by Gasteiger charge is -2.09. The predicted octanol–water partition coefficient (Wildman–Crippen LogP) is 3.72. The predicted molar refractivity (Wildman–Crippen MR) is 79.3 cm³/mol. The van der Waals surface area contributed by atoms with Crippen LogP contribution in [0.2, 0.25) is 0 Å². The minimum atomic E-state index is 0.665. The molecule has 96 valence electrons. The van der Waals surface area contributed by atoms with E-state index in [-0.39, 0.29) is 0 Å². The number of allylic oxidation sites excluding steroid dienone is 4. The van der Waals surface area contributed by atoms with Gasteiger partial charge in [0.25, 0.3) is 0 Å². The van der Waals surface area contributed by atoms with Crippen LogP contribution in [-0.2, 0) is 6.54 Å². The molecule has 3 rings (SSSR count). The maximum Gasteiger partial charge on any atom is 0.195 e. The van der Waals surface area contributed by atoms with Gasteiger partial charge >= 0.3 is 0 Å². The third kappa shape index (κ3) is 2.58. The van der Waals surface area contributed by atoms with Gasteiger partial charge in [0.1, 0.15) is 0 Å². The maximum absolute atomic E-state index is 5.33. The van der Waals surface area contributed by atoms with Gasteiger partial charge in [0.2, 0.25) is 0 Å². The van der Waals surface area contributed by atoms with Gasteiger partial charge in [-0.2, -0.15) is 5.10 Å². The van der Waals surface area contributed by atoms with Crippen LogP contribution < -0.4 is 0 Å². The van der Waals surface area contributed by atoms with E-state index in [9.17, 15) is 0 Å².